The first-order valence-electron chi connectivity index (χ1n) is 26.6. The summed E-state index contributed by atoms with van der Waals surface area (Å²) in [6.45, 7) is 12.4. The van der Waals surface area contributed by atoms with E-state index in [4.69, 9.17) is 47.4 Å². The smallest absolute Gasteiger partial charge is 0.309 e. The van der Waals surface area contributed by atoms with Gasteiger partial charge < -0.3 is 72.2 Å². The minimum atomic E-state index is -1.45. The van der Waals surface area contributed by atoms with Gasteiger partial charge in [-0.3, -0.25) is 24.2 Å². The highest BCUT2D eigenvalue weighted by molar-refractivity contribution is 5.73. The van der Waals surface area contributed by atoms with Gasteiger partial charge in [0.15, 0.2) is 24.3 Å². The van der Waals surface area contributed by atoms with E-state index in [1.807, 2.05) is 67.4 Å². The number of ether oxygens (including phenoxy) is 10. The van der Waals surface area contributed by atoms with Crippen LogP contribution in [0.3, 0.4) is 0 Å². The summed E-state index contributed by atoms with van der Waals surface area (Å²) < 4.78 is 62.1. The number of aliphatic hydroxyl groups is 2. The van der Waals surface area contributed by atoms with Gasteiger partial charge in [0.05, 0.1) is 43.1 Å². The fourth-order valence-corrected chi connectivity index (χ4v) is 10.4. The van der Waals surface area contributed by atoms with Crippen molar-refractivity contribution >= 4 is 36.2 Å². The lowest BCUT2D eigenvalue weighted by atomic mass is 9.82. The topological polar surface area (TPSA) is 237 Å². The summed E-state index contributed by atoms with van der Waals surface area (Å²) in [7, 11) is 6.78. The number of hydrogen-bond donors (Lipinski definition) is 2. The third-order valence-corrected chi connectivity index (χ3v) is 14.2. The number of likely N-dealkylation sites (N-methyl/N-ethyl adjacent to an activating group) is 2. The third-order valence-electron chi connectivity index (χ3n) is 14.2. The summed E-state index contributed by atoms with van der Waals surface area (Å²) in [4.78, 5) is 73.2. The molecule has 1 aromatic carbocycles. The Hall–Kier alpha value is -4.90. The molecule has 1 aromatic heterocycles. The van der Waals surface area contributed by atoms with Crippen molar-refractivity contribution in [1.29, 1.82) is 0 Å². The van der Waals surface area contributed by atoms with E-state index in [1.54, 1.807) is 66.0 Å². The van der Waals surface area contributed by atoms with E-state index in [9.17, 15) is 34.2 Å². The van der Waals surface area contributed by atoms with E-state index in [2.05, 4.69) is 4.98 Å². The minimum Gasteiger partial charge on any atom is -0.462 e. The fraction of sp³-hybridized carbons (Fsp3) is 0.679. The van der Waals surface area contributed by atoms with Crippen LogP contribution in [0.4, 0.5) is 0 Å². The van der Waals surface area contributed by atoms with Crippen LogP contribution in [0.1, 0.15) is 112 Å². The summed E-state index contributed by atoms with van der Waals surface area (Å²) in [6.07, 6.45) is -3.58. The second-order valence-corrected chi connectivity index (χ2v) is 20.8. The third kappa shape index (κ3) is 17.8. The molecule has 20 heteroatoms. The van der Waals surface area contributed by atoms with Gasteiger partial charge >= 0.3 is 23.9 Å². The molecule has 5 rings (SSSR count). The molecule has 4 heterocycles. The second-order valence-electron chi connectivity index (χ2n) is 20.8. The first-order chi connectivity index (χ1) is 36.2. The summed E-state index contributed by atoms with van der Waals surface area (Å²) in [6, 6.07) is 10.4. The predicted molar refractivity (Wildman–Crippen MR) is 277 cm³/mol. The van der Waals surface area contributed by atoms with Gasteiger partial charge in [-0.1, -0.05) is 51.1 Å². The van der Waals surface area contributed by atoms with Crippen molar-refractivity contribution in [3.8, 4) is 11.5 Å². The molecule has 424 valence electrons. The van der Waals surface area contributed by atoms with Crippen LogP contribution in [0.15, 0.2) is 54.9 Å². The number of nitrogens with zero attached hydrogens (tertiary/aromatic N) is 3. The van der Waals surface area contributed by atoms with Crippen LogP contribution in [-0.4, -0.2) is 182 Å². The molecule has 0 radical (unpaired) electrons. The number of aromatic nitrogens is 1. The second kappa shape index (κ2) is 29.7. The first kappa shape index (κ1) is 61.9. The molecule has 0 saturated carbocycles. The molecule has 20 nitrogen and oxygen atoms in total. The summed E-state index contributed by atoms with van der Waals surface area (Å²) >= 11 is 0. The molecule has 0 aliphatic carbocycles. The molecule has 5 unspecified atom stereocenters. The number of hydrogen-bond acceptors (Lipinski definition) is 20. The monoisotopic (exact) mass is 1070 g/mol. The number of aliphatic hydroxyl groups excluding tert-OH is 2. The highest BCUT2D eigenvalue weighted by Crippen LogP contribution is 2.39. The zero-order chi connectivity index (χ0) is 55.7. The quantitative estimate of drug-likeness (QED) is 0.102. The van der Waals surface area contributed by atoms with Gasteiger partial charge in [0.2, 0.25) is 0 Å². The number of carbonyl (C=O) groups excluding carboxylic acids is 5. The number of aldehydes is 1. The van der Waals surface area contributed by atoms with Crippen molar-refractivity contribution < 1.29 is 81.6 Å². The van der Waals surface area contributed by atoms with E-state index >= 15 is 0 Å². The van der Waals surface area contributed by atoms with E-state index in [1.165, 1.54) is 14.0 Å². The van der Waals surface area contributed by atoms with Crippen LogP contribution in [0, 0.1) is 11.8 Å². The molecule has 0 amide bonds. The van der Waals surface area contributed by atoms with Gasteiger partial charge in [0, 0.05) is 58.9 Å². The maximum Gasteiger partial charge on any atom is 0.309 e. The average molecular weight is 1070 g/mol. The standard InChI is InChI=1S/C56H83N3O17/c1-12-45(63)72-44-29-47(65)71-41(22-17-19-38-28-42(32-57-31-38)70-40-20-15-14-16-21-40)23-18-25-59(10)33-43(62)34(3)27-39(24-26-60)52(53(44)67-11)75-55-50(66)49(58(8)9)51(35(4)69-55)74-48-30-56(7,76-37(6)61)54(36(5)68-48)73-46(64)13-2/h14-17,19-21,26,28,31-32,34-36,39,41,43-44,48-55,62,66H,12-13,18,22-25,27,29-30,33H2,1-11H3/b19-17+/t34-,35?,36?,39+,41+,43+,44-,48+,49?,50?,51-,52+,53+,54+,55+,56?/m1/s1. The van der Waals surface area contributed by atoms with Gasteiger partial charge in [-0.05, 0) is 103 Å². The molecular weight excluding hydrogens is 987 g/mol. The number of carbonyl (C=O) groups is 5. The fourth-order valence-electron chi connectivity index (χ4n) is 10.4. The number of β-amino-alcohol motifs (C(OH)–C–C–N with tert-alkyl or cyclic N) is 1. The Balaban J connectivity index is 1.44. The molecule has 3 fully saturated rings. The zero-order valence-electron chi connectivity index (χ0n) is 46.1. The van der Waals surface area contributed by atoms with Gasteiger partial charge in [-0.15, -0.1) is 0 Å². The normalized spacial score (nSPS) is 33.5. The zero-order valence-corrected chi connectivity index (χ0v) is 46.1. The number of benzene rings is 1. The summed E-state index contributed by atoms with van der Waals surface area (Å²) in [5.74, 6) is -2.31. The molecule has 0 bridgehead atoms. The van der Waals surface area contributed by atoms with Crippen molar-refractivity contribution in [3.05, 3.63) is 60.4 Å². The molecule has 3 aliphatic rings. The molecule has 2 N–H and O–H groups in total. The lowest BCUT2D eigenvalue weighted by molar-refractivity contribution is -0.344. The van der Waals surface area contributed by atoms with E-state index in [-0.39, 0.29) is 32.1 Å². The van der Waals surface area contributed by atoms with Crippen LogP contribution in [0.5, 0.6) is 11.5 Å². The Labute approximate surface area is 447 Å². The minimum absolute atomic E-state index is 0.0297. The SMILES string of the molecule is CCC(=O)O[C@@H]1CC(=O)O[C@@H](C/C=C/c2cncc(Oc3ccccc3)c2)CCCN(C)C[C@H](O)[C@H](C)C[C@H](CC=O)[C@H](O[C@@H]2OC(C)[C@@H](O[C@H]3CC(C)(OC(C)=O)[C@@H](OC(=O)CC)C(C)O3)C(N(C)C)C2O)[C@H]1OC. The lowest BCUT2D eigenvalue weighted by Gasteiger charge is -2.50. The van der Waals surface area contributed by atoms with Crippen molar-refractivity contribution in [2.24, 2.45) is 11.8 Å². The Kier molecular flexibility index (Phi) is 24.2. The molecule has 0 spiro atoms. The van der Waals surface area contributed by atoms with Gasteiger partial charge in [-0.2, -0.15) is 0 Å². The van der Waals surface area contributed by atoms with Gasteiger partial charge in [-0.25, -0.2) is 0 Å². The summed E-state index contributed by atoms with van der Waals surface area (Å²) in [5, 5.41) is 24.1. The van der Waals surface area contributed by atoms with Crippen molar-refractivity contribution in [2.75, 3.05) is 41.3 Å². The van der Waals surface area contributed by atoms with E-state index in [0.29, 0.717) is 43.9 Å². The Morgan fingerprint density at radius 2 is 1.64 bits per heavy atom. The van der Waals surface area contributed by atoms with Crippen LogP contribution in [-0.2, 0) is 66.6 Å². The van der Waals surface area contributed by atoms with E-state index < -0.39 is 127 Å². The van der Waals surface area contributed by atoms with Crippen LogP contribution in [0.2, 0.25) is 0 Å². The van der Waals surface area contributed by atoms with Crippen LogP contribution in [0.25, 0.3) is 6.08 Å². The number of methoxy groups -OCH3 is 1. The first-order valence-corrected chi connectivity index (χ1v) is 26.6. The largest absolute Gasteiger partial charge is 0.462 e. The lowest BCUT2D eigenvalue weighted by Crippen LogP contribution is -2.66. The van der Waals surface area contributed by atoms with Gasteiger partial charge in [0.1, 0.15) is 48.3 Å². The molecule has 76 heavy (non-hydrogen) atoms. The van der Waals surface area contributed by atoms with Crippen LogP contribution >= 0.6 is 0 Å². The van der Waals surface area contributed by atoms with Crippen molar-refractivity contribution in [1.82, 2.24) is 14.8 Å². The number of esters is 4. The van der Waals surface area contributed by atoms with Crippen LogP contribution < -0.4 is 4.74 Å². The Bertz CT molecular complexity index is 2180. The van der Waals surface area contributed by atoms with Crippen molar-refractivity contribution in [3.63, 3.8) is 0 Å². The Morgan fingerprint density at radius 1 is 0.934 bits per heavy atom. The highest BCUT2D eigenvalue weighted by atomic mass is 16.7. The maximum absolute atomic E-state index is 14.2. The number of cyclic esters (lactones) is 1. The molecule has 3 aliphatic heterocycles. The number of pyridine rings is 1. The molecule has 16 atom stereocenters. The Morgan fingerprint density at radius 3 is 2.30 bits per heavy atom. The highest BCUT2D eigenvalue weighted by Gasteiger charge is 2.54. The van der Waals surface area contributed by atoms with Gasteiger partial charge in [0.25, 0.3) is 0 Å². The molecule has 2 aromatic rings. The van der Waals surface area contributed by atoms with Crippen molar-refractivity contribution in [2.45, 2.75) is 192 Å². The number of rotatable bonds is 18. The number of para-hydroxylation sites is 1. The van der Waals surface area contributed by atoms with E-state index in [0.717, 1.165) is 11.8 Å². The summed E-state index contributed by atoms with van der Waals surface area (Å²) in [5.41, 5.74) is -0.569. The molecular formula is C56H83N3O17. The maximum atomic E-state index is 14.2. The molecule has 3 saturated heterocycles. The average Bonchev–Trinajstić information content (AvgIpc) is 3.36. The predicted octanol–water partition coefficient (Wildman–Crippen LogP) is 5.82.